The first-order chi connectivity index (χ1) is 9.07. The van der Waals surface area contributed by atoms with Crippen molar-refractivity contribution in [2.75, 3.05) is 26.3 Å². The van der Waals surface area contributed by atoms with Gasteiger partial charge in [-0.15, -0.1) is 0 Å². The number of benzene rings is 1. The van der Waals surface area contributed by atoms with E-state index in [1.165, 1.54) is 16.4 Å². The number of aliphatic hydroxyl groups is 1. The van der Waals surface area contributed by atoms with Crippen LogP contribution < -0.4 is 9.47 Å². The lowest BCUT2D eigenvalue weighted by Crippen LogP contribution is -2.53. The van der Waals surface area contributed by atoms with E-state index in [0.717, 1.165) is 6.42 Å². The maximum absolute atomic E-state index is 12.3. The molecule has 0 atom stereocenters. The van der Waals surface area contributed by atoms with E-state index in [1.807, 2.05) is 0 Å². The van der Waals surface area contributed by atoms with Crippen LogP contribution in [0, 0.1) is 0 Å². The smallest absolute Gasteiger partial charge is 0.243 e. The quantitative estimate of drug-likeness (QED) is 0.841. The number of hydrogen-bond acceptors (Lipinski definition) is 5. The summed E-state index contributed by atoms with van der Waals surface area (Å²) >= 11 is 0. The zero-order valence-electron chi connectivity index (χ0n) is 10.3. The lowest BCUT2D eigenvalue weighted by Gasteiger charge is -2.34. The van der Waals surface area contributed by atoms with E-state index < -0.39 is 16.1 Å². The van der Waals surface area contributed by atoms with Gasteiger partial charge in [0.2, 0.25) is 10.0 Å². The average molecular weight is 285 g/mol. The van der Waals surface area contributed by atoms with Crippen LogP contribution in [0.25, 0.3) is 0 Å². The predicted molar refractivity (Wildman–Crippen MR) is 66.8 cm³/mol. The van der Waals surface area contributed by atoms with Gasteiger partial charge in [-0.25, -0.2) is 8.42 Å². The van der Waals surface area contributed by atoms with E-state index in [4.69, 9.17) is 9.47 Å². The normalized spacial score (nSPS) is 20.7. The van der Waals surface area contributed by atoms with Gasteiger partial charge in [-0.2, -0.15) is 4.31 Å². The van der Waals surface area contributed by atoms with Crippen LogP contribution in [-0.4, -0.2) is 50.2 Å². The Bertz CT molecular complexity index is 580. The van der Waals surface area contributed by atoms with Crippen LogP contribution in [0.2, 0.25) is 0 Å². The fraction of sp³-hybridized carbons (Fsp3) is 0.500. The number of hydrogen-bond donors (Lipinski definition) is 1. The summed E-state index contributed by atoms with van der Waals surface area (Å²) in [4.78, 5) is 0.170. The van der Waals surface area contributed by atoms with Gasteiger partial charge in [0.15, 0.2) is 11.5 Å². The highest BCUT2D eigenvalue weighted by molar-refractivity contribution is 7.89. The molecule has 1 aromatic carbocycles. The van der Waals surface area contributed by atoms with Crippen LogP contribution in [0.4, 0.5) is 0 Å². The first-order valence-corrected chi connectivity index (χ1v) is 7.59. The maximum atomic E-state index is 12.3. The molecule has 1 saturated heterocycles. The van der Waals surface area contributed by atoms with Gasteiger partial charge in [-0.05, 0) is 12.1 Å². The summed E-state index contributed by atoms with van der Waals surface area (Å²) in [7, 11) is -3.54. The van der Waals surface area contributed by atoms with Crippen LogP contribution in [0.5, 0.6) is 11.5 Å². The van der Waals surface area contributed by atoms with Crippen LogP contribution in [0.15, 0.2) is 23.1 Å². The third kappa shape index (κ3) is 2.29. The van der Waals surface area contributed by atoms with Crippen molar-refractivity contribution in [2.24, 2.45) is 0 Å². The summed E-state index contributed by atoms with van der Waals surface area (Å²) in [5.74, 6) is 1.03. The van der Waals surface area contributed by atoms with Gasteiger partial charge in [0.1, 0.15) is 0 Å². The standard InChI is InChI=1S/C12H15NO5S/c14-9-7-13(8-9)19(15,16)10-2-3-11-12(6-10)18-5-1-4-17-11/h2-3,6,9,14H,1,4-5,7-8H2. The molecule has 0 radical (unpaired) electrons. The van der Waals surface area contributed by atoms with Gasteiger partial charge in [-0.1, -0.05) is 0 Å². The molecule has 19 heavy (non-hydrogen) atoms. The van der Waals surface area contributed by atoms with E-state index in [0.29, 0.717) is 24.7 Å². The molecule has 2 aliphatic rings. The summed E-state index contributed by atoms with van der Waals surface area (Å²) < 4.78 is 36.7. The van der Waals surface area contributed by atoms with Crippen molar-refractivity contribution < 1.29 is 23.0 Å². The fourth-order valence-electron chi connectivity index (χ4n) is 2.07. The highest BCUT2D eigenvalue weighted by Gasteiger charge is 2.36. The molecule has 1 aromatic rings. The summed E-state index contributed by atoms with van der Waals surface area (Å²) in [6.45, 7) is 1.38. The van der Waals surface area contributed by atoms with Gasteiger partial charge in [0.05, 0.1) is 24.2 Å². The lowest BCUT2D eigenvalue weighted by molar-refractivity contribution is 0.0548. The number of nitrogens with zero attached hydrogens (tertiary/aromatic N) is 1. The van der Waals surface area contributed by atoms with Gasteiger partial charge in [0, 0.05) is 25.6 Å². The first kappa shape index (κ1) is 12.7. The number of β-amino-alcohol motifs (C(OH)–C–C–N with tert-alkyl or cyclic N) is 1. The Morgan fingerprint density at radius 2 is 1.84 bits per heavy atom. The van der Waals surface area contributed by atoms with Crippen LogP contribution in [0.3, 0.4) is 0 Å². The maximum Gasteiger partial charge on any atom is 0.243 e. The highest BCUT2D eigenvalue weighted by Crippen LogP contribution is 2.33. The molecule has 0 unspecified atom stereocenters. The molecule has 3 rings (SSSR count). The second-order valence-corrected chi connectivity index (χ2v) is 6.57. The van der Waals surface area contributed by atoms with Crippen LogP contribution >= 0.6 is 0 Å². The summed E-state index contributed by atoms with van der Waals surface area (Å²) in [6, 6.07) is 4.61. The molecule has 2 heterocycles. The van der Waals surface area contributed by atoms with Crippen molar-refractivity contribution in [3.05, 3.63) is 18.2 Å². The van der Waals surface area contributed by atoms with Gasteiger partial charge in [0.25, 0.3) is 0 Å². The molecule has 7 heteroatoms. The predicted octanol–water partition coefficient (Wildman–Crippen LogP) is 0.213. The molecule has 104 valence electrons. The Balaban J connectivity index is 1.91. The molecule has 0 aromatic heterocycles. The fourth-order valence-corrected chi connectivity index (χ4v) is 3.60. The Labute approximate surface area is 111 Å². The van der Waals surface area contributed by atoms with E-state index in [-0.39, 0.29) is 18.0 Å². The molecule has 0 saturated carbocycles. The van der Waals surface area contributed by atoms with Crippen molar-refractivity contribution in [3.63, 3.8) is 0 Å². The van der Waals surface area contributed by atoms with Crippen LogP contribution in [0.1, 0.15) is 6.42 Å². The second-order valence-electron chi connectivity index (χ2n) is 4.63. The number of sulfonamides is 1. The monoisotopic (exact) mass is 285 g/mol. The molecule has 6 nitrogen and oxygen atoms in total. The van der Waals surface area contributed by atoms with E-state index >= 15 is 0 Å². The zero-order chi connectivity index (χ0) is 13.5. The topological polar surface area (TPSA) is 76.1 Å². The minimum atomic E-state index is -3.54. The van der Waals surface area contributed by atoms with Crippen molar-refractivity contribution in [3.8, 4) is 11.5 Å². The number of aliphatic hydroxyl groups excluding tert-OH is 1. The first-order valence-electron chi connectivity index (χ1n) is 6.15. The van der Waals surface area contributed by atoms with E-state index in [2.05, 4.69) is 0 Å². The largest absolute Gasteiger partial charge is 0.490 e. The second kappa shape index (κ2) is 4.66. The molecular weight excluding hydrogens is 270 g/mol. The molecule has 2 aliphatic heterocycles. The highest BCUT2D eigenvalue weighted by atomic mass is 32.2. The Hall–Kier alpha value is -1.31. The van der Waals surface area contributed by atoms with Gasteiger partial charge in [-0.3, -0.25) is 0 Å². The summed E-state index contributed by atoms with van der Waals surface area (Å²) in [6.07, 6.45) is 0.213. The minimum absolute atomic E-state index is 0.150. The van der Waals surface area contributed by atoms with E-state index in [9.17, 15) is 13.5 Å². The molecule has 0 spiro atoms. The van der Waals surface area contributed by atoms with E-state index in [1.54, 1.807) is 6.07 Å². The minimum Gasteiger partial charge on any atom is -0.490 e. The summed E-state index contributed by atoms with van der Waals surface area (Å²) in [5, 5.41) is 9.21. The number of rotatable bonds is 2. The van der Waals surface area contributed by atoms with Crippen molar-refractivity contribution in [2.45, 2.75) is 17.4 Å². The van der Waals surface area contributed by atoms with Gasteiger partial charge < -0.3 is 14.6 Å². The number of fused-ring (bicyclic) bond motifs is 1. The van der Waals surface area contributed by atoms with Gasteiger partial charge >= 0.3 is 0 Å². The molecule has 1 N–H and O–H groups in total. The average Bonchev–Trinajstić information content (AvgIpc) is 2.59. The molecule has 0 bridgehead atoms. The lowest BCUT2D eigenvalue weighted by atomic mass is 10.2. The van der Waals surface area contributed by atoms with Crippen molar-refractivity contribution in [1.82, 2.24) is 4.31 Å². The third-order valence-electron chi connectivity index (χ3n) is 3.19. The Morgan fingerprint density at radius 1 is 1.16 bits per heavy atom. The van der Waals surface area contributed by atoms with Crippen LogP contribution in [-0.2, 0) is 10.0 Å². The Morgan fingerprint density at radius 3 is 2.53 bits per heavy atom. The number of ether oxygens (including phenoxy) is 2. The van der Waals surface area contributed by atoms with Crippen molar-refractivity contribution >= 4 is 10.0 Å². The third-order valence-corrected chi connectivity index (χ3v) is 5.01. The molecular formula is C12H15NO5S. The molecule has 1 fully saturated rings. The molecule has 0 aliphatic carbocycles. The Kier molecular flexibility index (Phi) is 3.12. The molecule has 0 amide bonds. The van der Waals surface area contributed by atoms with Crippen molar-refractivity contribution in [1.29, 1.82) is 0 Å². The zero-order valence-corrected chi connectivity index (χ0v) is 11.1. The summed E-state index contributed by atoms with van der Waals surface area (Å²) in [5.41, 5.74) is 0. The SMILES string of the molecule is O=S(=O)(c1ccc2c(c1)OCCCO2)N1CC(O)C1.